The number of hydrogen-bond donors (Lipinski definition) is 2. The van der Waals surface area contributed by atoms with Gasteiger partial charge in [0.05, 0.1) is 16.7 Å². The fraction of sp³-hybridized carbons (Fsp3) is 0.250. The van der Waals surface area contributed by atoms with Crippen molar-refractivity contribution in [2.75, 3.05) is 11.9 Å². The number of nitro groups is 1. The number of β-amino-alcohol motifs (C(OH)–C–C–N with tert-alkyl or cyclic N) is 1. The molecule has 1 aromatic carbocycles. The van der Waals surface area contributed by atoms with E-state index in [0.717, 1.165) is 5.69 Å². The molecule has 74 valence electrons. The van der Waals surface area contributed by atoms with Crippen molar-refractivity contribution in [1.82, 2.24) is 0 Å². The third kappa shape index (κ3) is 1.36. The molecule has 1 aliphatic rings. The maximum absolute atomic E-state index is 10.5. The molecule has 0 aliphatic carbocycles. The molecule has 1 atom stereocenters. The summed E-state index contributed by atoms with van der Waals surface area (Å²) >= 11 is 3.22. The lowest BCUT2D eigenvalue weighted by molar-refractivity contribution is -0.385. The fourth-order valence-corrected chi connectivity index (χ4v) is 2.08. The van der Waals surface area contributed by atoms with Crippen LogP contribution in [0.2, 0.25) is 0 Å². The lowest BCUT2D eigenvalue weighted by Gasteiger charge is -2.03. The number of non-ortho nitro benzene ring substituents is 1. The first kappa shape index (κ1) is 9.42. The second-order valence-electron chi connectivity index (χ2n) is 3.05. The van der Waals surface area contributed by atoms with Gasteiger partial charge in [0.25, 0.3) is 5.69 Å². The SMILES string of the molecule is O=[N+]([O-])c1cc(Br)c2c(c1)C(O)CN2. The first-order chi connectivity index (χ1) is 6.59. The van der Waals surface area contributed by atoms with Gasteiger partial charge < -0.3 is 10.4 Å². The number of nitrogens with zero attached hydrogens (tertiary/aromatic N) is 1. The molecule has 5 nitrogen and oxygen atoms in total. The van der Waals surface area contributed by atoms with Crippen LogP contribution in [0.3, 0.4) is 0 Å². The standard InChI is InChI=1S/C8H7BrN2O3/c9-6-2-4(11(13)14)1-5-7(12)3-10-8(5)6/h1-2,7,10,12H,3H2. The van der Waals surface area contributed by atoms with Gasteiger partial charge in [0.1, 0.15) is 0 Å². The quantitative estimate of drug-likeness (QED) is 0.595. The second-order valence-corrected chi connectivity index (χ2v) is 3.90. The molecule has 1 aromatic rings. The zero-order chi connectivity index (χ0) is 10.3. The van der Waals surface area contributed by atoms with Gasteiger partial charge in [-0.25, -0.2) is 0 Å². The molecule has 2 N–H and O–H groups in total. The minimum Gasteiger partial charge on any atom is -0.386 e. The predicted octanol–water partition coefficient (Wildman–Crippen LogP) is 1.82. The summed E-state index contributed by atoms with van der Waals surface area (Å²) in [6.07, 6.45) is -0.666. The summed E-state index contributed by atoms with van der Waals surface area (Å²) in [7, 11) is 0. The number of halogens is 1. The summed E-state index contributed by atoms with van der Waals surface area (Å²) in [5.74, 6) is 0. The molecule has 0 saturated heterocycles. The number of aliphatic hydroxyl groups excluding tert-OH is 1. The number of nitrogens with one attached hydrogen (secondary N) is 1. The molecule has 0 spiro atoms. The Morgan fingerprint density at radius 2 is 2.36 bits per heavy atom. The van der Waals surface area contributed by atoms with Crippen molar-refractivity contribution in [3.05, 3.63) is 32.3 Å². The van der Waals surface area contributed by atoms with Crippen LogP contribution in [0.4, 0.5) is 11.4 Å². The van der Waals surface area contributed by atoms with E-state index in [0.29, 0.717) is 16.6 Å². The Balaban J connectivity index is 2.58. The highest BCUT2D eigenvalue weighted by atomic mass is 79.9. The van der Waals surface area contributed by atoms with E-state index in [2.05, 4.69) is 21.2 Å². The number of anilines is 1. The Morgan fingerprint density at radius 3 is 3.00 bits per heavy atom. The number of hydrogen-bond acceptors (Lipinski definition) is 4. The fourth-order valence-electron chi connectivity index (χ4n) is 1.48. The van der Waals surface area contributed by atoms with Gasteiger partial charge in [0.15, 0.2) is 0 Å². The maximum atomic E-state index is 10.5. The first-order valence-electron chi connectivity index (χ1n) is 3.99. The van der Waals surface area contributed by atoms with Crippen LogP contribution in [0.15, 0.2) is 16.6 Å². The smallest absolute Gasteiger partial charge is 0.271 e. The Morgan fingerprint density at radius 1 is 1.64 bits per heavy atom. The summed E-state index contributed by atoms with van der Waals surface area (Å²) in [6.45, 7) is 0.398. The Hall–Kier alpha value is -1.14. The molecule has 1 unspecified atom stereocenters. The lowest BCUT2D eigenvalue weighted by atomic mass is 10.1. The zero-order valence-electron chi connectivity index (χ0n) is 7.03. The molecular weight excluding hydrogens is 252 g/mol. The zero-order valence-corrected chi connectivity index (χ0v) is 8.61. The van der Waals surface area contributed by atoms with Crippen molar-refractivity contribution >= 4 is 27.3 Å². The van der Waals surface area contributed by atoms with Crippen LogP contribution in [-0.2, 0) is 0 Å². The van der Waals surface area contributed by atoms with Gasteiger partial charge in [-0.15, -0.1) is 0 Å². The molecule has 1 aliphatic heterocycles. The summed E-state index contributed by atoms with van der Waals surface area (Å²) in [6, 6.07) is 2.81. The number of aliphatic hydroxyl groups is 1. The highest BCUT2D eigenvalue weighted by molar-refractivity contribution is 9.10. The van der Waals surface area contributed by atoms with Crippen LogP contribution < -0.4 is 5.32 Å². The number of benzene rings is 1. The second kappa shape index (κ2) is 3.21. The van der Waals surface area contributed by atoms with Crippen LogP contribution in [0.25, 0.3) is 0 Å². The van der Waals surface area contributed by atoms with Crippen molar-refractivity contribution in [2.45, 2.75) is 6.10 Å². The molecule has 0 radical (unpaired) electrons. The van der Waals surface area contributed by atoms with E-state index < -0.39 is 11.0 Å². The van der Waals surface area contributed by atoms with Gasteiger partial charge in [-0.3, -0.25) is 10.1 Å². The van der Waals surface area contributed by atoms with Crippen molar-refractivity contribution < 1.29 is 10.0 Å². The average Bonchev–Trinajstić information content (AvgIpc) is 2.48. The minimum atomic E-state index is -0.666. The van der Waals surface area contributed by atoms with Crippen LogP contribution >= 0.6 is 15.9 Å². The van der Waals surface area contributed by atoms with E-state index in [9.17, 15) is 15.2 Å². The normalized spacial score (nSPS) is 18.9. The maximum Gasteiger partial charge on any atom is 0.271 e. The highest BCUT2D eigenvalue weighted by Gasteiger charge is 2.25. The molecule has 1 heterocycles. The predicted molar refractivity (Wildman–Crippen MR) is 54.2 cm³/mol. The molecule has 0 saturated carbocycles. The molecular formula is C8H7BrN2O3. The first-order valence-corrected chi connectivity index (χ1v) is 4.78. The van der Waals surface area contributed by atoms with E-state index in [4.69, 9.17) is 0 Å². The van der Waals surface area contributed by atoms with Crippen molar-refractivity contribution in [2.24, 2.45) is 0 Å². The van der Waals surface area contributed by atoms with Gasteiger partial charge in [0, 0.05) is 28.7 Å². The molecule has 0 aromatic heterocycles. The van der Waals surface area contributed by atoms with Crippen molar-refractivity contribution in [1.29, 1.82) is 0 Å². The summed E-state index contributed by atoms with van der Waals surface area (Å²) in [5, 5.41) is 23.0. The van der Waals surface area contributed by atoms with E-state index in [1.54, 1.807) is 0 Å². The van der Waals surface area contributed by atoms with Crippen LogP contribution in [0, 0.1) is 10.1 Å². The molecule has 2 rings (SSSR count). The van der Waals surface area contributed by atoms with Gasteiger partial charge in [-0.1, -0.05) is 0 Å². The summed E-state index contributed by atoms with van der Waals surface area (Å²) in [4.78, 5) is 10.1. The minimum absolute atomic E-state index is 0.0154. The van der Waals surface area contributed by atoms with E-state index in [1.165, 1.54) is 12.1 Å². The molecule has 0 amide bonds. The Labute approximate surface area is 88.0 Å². The monoisotopic (exact) mass is 258 g/mol. The largest absolute Gasteiger partial charge is 0.386 e. The summed E-state index contributed by atoms with van der Waals surface area (Å²) in [5.41, 5.74) is 1.30. The molecule has 0 bridgehead atoms. The number of rotatable bonds is 1. The van der Waals surface area contributed by atoms with Crippen molar-refractivity contribution in [3.63, 3.8) is 0 Å². The summed E-state index contributed by atoms with van der Waals surface area (Å²) < 4.78 is 0.609. The Kier molecular flexibility index (Phi) is 2.16. The van der Waals surface area contributed by atoms with E-state index in [1.807, 2.05) is 0 Å². The van der Waals surface area contributed by atoms with Crippen LogP contribution in [0.1, 0.15) is 11.7 Å². The number of nitro benzene ring substituents is 1. The van der Waals surface area contributed by atoms with Gasteiger partial charge in [-0.2, -0.15) is 0 Å². The lowest BCUT2D eigenvalue weighted by Crippen LogP contribution is -1.99. The van der Waals surface area contributed by atoms with Gasteiger partial charge in [0.2, 0.25) is 0 Å². The van der Waals surface area contributed by atoms with Gasteiger partial charge >= 0.3 is 0 Å². The third-order valence-corrected chi connectivity index (χ3v) is 2.77. The number of fused-ring (bicyclic) bond motifs is 1. The van der Waals surface area contributed by atoms with Crippen molar-refractivity contribution in [3.8, 4) is 0 Å². The molecule has 6 heteroatoms. The molecule has 0 fully saturated rings. The average molecular weight is 259 g/mol. The molecule has 14 heavy (non-hydrogen) atoms. The highest BCUT2D eigenvalue weighted by Crippen LogP contribution is 2.38. The third-order valence-electron chi connectivity index (χ3n) is 2.15. The van der Waals surface area contributed by atoms with Crippen LogP contribution in [0.5, 0.6) is 0 Å². The van der Waals surface area contributed by atoms with Crippen LogP contribution in [-0.4, -0.2) is 16.6 Å². The van der Waals surface area contributed by atoms with E-state index >= 15 is 0 Å². The topological polar surface area (TPSA) is 75.4 Å². The Bertz CT molecular complexity index is 408. The van der Waals surface area contributed by atoms with E-state index in [-0.39, 0.29) is 5.69 Å². The van der Waals surface area contributed by atoms with Gasteiger partial charge in [-0.05, 0) is 15.9 Å².